The van der Waals surface area contributed by atoms with Gasteiger partial charge in [-0.15, -0.1) is 0 Å². The summed E-state index contributed by atoms with van der Waals surface area (Å²) in [6.45, 7) is 2.17. The number of benzene rings is 1. The smallest absolute Gasteiger partial charge is 0.220 e. The molecule has 0 saturated heterocycles. The molecule has 0 saturated carbocycles. The number of nitrogens with zero attached hydrogens (tertiary/aromatic N) is 4. The molecule has 2 heterocycles. The Morgan fingerprint density at radius 2 is 2.11 bits per heavy atom. The minimum atomic E-state index is -0.0459. The van der Waals surface area contributed by atoms with E-state index < -0.39 is 0 Å². The highest BCUT2D eigenvalue weighted by molar-refractivity contribution is 5.74. The first-order valence-electron chi connectivity index (χ1n) is 8.64. The molecule has 0 atom stereocenters. The van der Waals surface area contributed by atoms with Crippen LogP contribution in [0.15, 0.2) is 42.7 Å². The van der Waals surface area contributed by atoms with Gasteiger partial charge in [0.05, 0.1) is 31.9 Å². The number of rotatable bonds is 7. The van der Waals surface area contributed by atoms with Crippen LogP contribution in [0.1, 0.15) is 18.1 Å². The summed E-state index contributed by atoms with van der Waals surface area (Å²) in [4.78, 5) is 12.9. The number of carbonyl (C=O) groups excluding carboxylic acids is 1. The van der Waals surface area contributed by atoms with Crippen LogP contribution >= 0.6 is 0 Å². The number of ether oxygens (including phenoxy) is 2. The van der Waals surface area contributed by atoms with E-state index >= 15 is 0 Å². The first-order valence-corrected chi connectivity index (χ1v) is 8.64. The van der Waals surface area contributed by atoms with Crippen LogP contribution in [0.5, 0.6) is 11.5 Å². The van der Waals surface area contributed by atoms with E-state index in [1.165, 1.54) is 13.1 Å². The lowest BCUT2D eigenvalue weighted by Gasteiger charge is -2.17. The lowest BCUT2D eigenvalue weighted by Crippen LogP contribution is -2.29. The van der Waals surface area contributed by atoms with Crippen molar-refractivity contribution in [1.29, 1.82) is 5.26 Å². The summed E-state index contributed by atoms with van der Waals surface area (Å²) in [5.74, 6) is 1.25. The fourth-order valence-electron chi connectivity index (χ4n) is 2.58. The summed E-state index contributed by atoms with van der Waals surface area (Å²) in [6, 6.07) is 11.5. The van der Waals surface area contributed by atoms with E-state index in [2.05, 4.69) is 16.5 Å². The largest absolute Gasteiger partial charge is 0.497 e. The minimum absolute atomic E-state index is 0.0459. The molecule has 0 aliphatic rings. The summed E-state index contributed by atoms with van der Waals surface area (Å²) >= 11 is 0. The van der Waals surface area contributed by atoms with Gasteiger partial charge in [-0.3, -0.25) is 4.79 Å². The Morgan fingerprint density at radius 1 is 1.36 bits per heavy atom. The number of anilines is 1. The van der Waals surface area contributed by atoms with E-state index in [9.17, 15) is 10.1 Å². The van der Waals surface area contributed by atoms with Crippen LogP contribution in [0, 0.1) is 11.3 Å². The Kier molecular flexibility index (Phi) is 5.65. The van der Waals surface area contributed by atoms with E-state index in [1.807, 2.05) is 24.3 Å². The molecule has 0 unspecified atom stereocenters. The molecular formula is C20H21N5O3. The summed E-state index contributed by atoms with van der Waals surface area (Å²) in [5.41, 5.74) is 2.71. The molecule has 28 heavy (non-hydrogen) atoms. The van der Waals surface area contributed by atoms with Crippen molar-refractivity contribution in [2.45, 2.75) is 13.5 Å². The lowest BCUT2D eigenvalue weighted by atomic mass is 10.2. The molecule has 3 rings (SSSR count). The quantitative estimate of drug-likeness (QED) is 0.635. The van der Waals surface area contributed by atoms with Crippen molar-refractivity contribution in [3.8, 4) is 17.6 Å². The zero-order chi connectivity index (χ0) is 20.1. The van der Waals surface area contributed by atoms with Crippen molar-refractivity contribution in [3.05, 3.63) is 53.9 Å². The van der Waals surface area contributed by atoms with Crippen molar-refractivity contribution in [2.24, 2.45) is 0 Å². The first-order chi connectivity index (χ1) is 13.5. The average Bonchev–Trinajstić information content (AvgIpc) is 3.13. The van der Waals surface area contributed by atoms with Crippen LogP contribution < -0.4 is 14.8 Å². The van der Waals surface area contributed by atoms with Crippen LogP contribution in [0.4, 0.5) is 5.69 Å². The summed E-state index contributed by atoms with van der Waals surface area (Å²) in [7, 11) is 3.32. The number of pyridine rings is 1. The van der Waals surface area contributed by atoms with Gasteiger partial charge in [0.2, 0.25) is 5.91 Å². The predicted octanol–water partition coefficient (Wildman–Crippen LogP) is 2.64. The maximum atomic E-state index is 11.4. The number of hydrogen-bond donors (Lipinski definition) is 1. The van der Waals surface area contributed by atoms with E-state index in [-0.39, 0.29) is 5.91 Å². The third-order valence-corrected chi connectivity index (χ3v) is 4.31. The van der Waals surface area contributed by atoms with Crippen LogP contribution in [0.2, 0.25) is 0 Å². The van der Waals surface area contributed by atoms with E-state index in [1.54, 1.807) is 35.8 Å². The average molecular weight is 379 g/mol. The molecule has 1 aromatic carbocycles. The minimum Gasteiger partial charge on any atom is -0.497 e. The third-order valence-electron chi connectivity index (χ3n) is 4.31. The second kappa shape index (κ2) is 8.31. The molecule has 0 aliphatic heterocycles. The molecule has 0 fully saturated rings. The molecule has 1 N–H and O–H groups in total. The highest BCUT2D eigenvalue weighted by Gasteiger charge is 2.13. The maximum Gasteiger partial charge on any atom is 0.220 e. The van der Waals surface area contributed by atoms with Crippen molar-refractivity contribution < 1.29 is 14.3 Å². The topological polar surface area (TPSA) is 91.9 Å². The van der Waals surface area contributed by atoms with Gasteiger partial charge in [-0.2, -0.15) is 10.4 Å². The lowest BCUT2D eigenvalue weighted by molar-refractivity contribution is -0.127. The SMILES string of the molecule is COc1ccc(COc2cc(NCN(C)C(C)=O)cn3ncc(C#N)c23)cc1. The second-order valence-corrected chi connectivity index (χ2v) is 6.24. The monoisotopic (exact) mass is 379 g/mol. The number of fused-ring (bicyclic) bond motifs is 1. The van der Waals surface area contributed by atoms with Gasteiger partial charge in [-0.05, 0) is 17.7 Å². The van der Waals surface area contributed by atoms with E-state index in [4.69, 9.17) is 9.47 Å². The van der Waals surface area contributed by atoms with Crippen molar-refractivity contribution in [2.75, 3.05) is 26.1 Å². The summed E-state index contributed by atoms with van der Waals surface area (Å²) < 4.78 is 12.8. The standard InChI is InChI=1S/C20H21N5O3/c1-14(26)24(2)13-22-17-8-19(20-16(9-21)10-23-25(20)11-17)28-12-15-4-6-18(27-3)7-5-15/h4-8,10-11,22H,12-13H2,1-3H3. The zero-order valence-electron chi connectivity index (χ0n) is 16.0. The molecular weight excluding hydrogens is 358 g/mol. The highest BCUT2D eigenvalue weighted by atomic mass is 16.5. The van der Waals surface area contributed by atoms with Crippen LogP contribution in [-0.4, -0.2) is 41.2 Å². The molecule has 0 aliphatic carbocycles. The number of hydrogen-bond acceptors (Lipinski definition) is 6. The molecule has 0 radical (unpaired) electrons. The van der Waals surface area contributed by atoms with E-state index in [0.29, 0.717) is 30.1 Å². The highest BCUT2D eigenvalue weighted by Crippen LogP contribution is 2.28. The van der Waals surface area contributed by atoms with Gasteiger partial charge in [-0.25, -0.2) is 4.52 Å². The van der Waals surface area contributed by atoms with Gasteiger partial charge in [0, 0.05) is 20.0 Å². The number of methoxy groups -OCH3 is 1. The van der Waals surface area contributed by atoms with Gasteiger partial charge >= 0.3 is 0 Å². The number of nitriles is 1. The second-order valence-electron chi connectivity index (χ2n) is 6.24. The number of carbonyl (C=O) groups is 1. The Balaban J connectivity index is 1.85. The molecule has 3 aromatic rings. The van der Waals surface area contributed by atoms with Gasteiger partial charge in [-0.1, -0.05) is 12.1 Å². The predicted molar refractivity (Wildman–Crippen MR) is 104 cm³/mol. The molecule has 8 nitrogen and oxygen atoms in total. The third kappa shape index (κ3) is 4.15. The van der Waals surface area contributed by atoms with E-state index in [0.717, 1.165) is 17.0 Å². The van der Waals surface area contributed by atoms with Crippen molar-refractivity contribution in [1.82, 2.24) is 14.5 Å². The molecule has 8 heteroatoms. The van der Waals surface area contributed by atoms with Crippen LogP contribution in [-0.2, 0) is 11.4 Å². The zero-order valence-corrected chi connectivity index (χ0v) is 16.0. The molecule has 1 amide bonds. The molecule has 0 spiro atoms. The summed E-state index contributed by atoms with van der Waals surface area (Å²) in [6.07, 6.45) is 3.26. The summed E-state index contributed by atoms with van der Waals surface area (Å²) in [5, 5.41) is 16.8. The maximum absolute atomic E-state index is 11.4. The normalized spacial score (nSPS) is 10.4. The molecule has 2 aromatic heterocycles. The molecule has 0 bridgehead atoms. The van der Waals surface area contributed by atoms with Gasteiger partial charge < -0.3 is 19.7 Å². The number of amides is 1. The Bertz CT molecular complexity index is 1020. The van der Waals surface area contributed by atoms with Crippen molar-refractivity contribution in [3.63, 3.8) is 0 Å². The molecule has 144 valence electrons. The van der Waals surface area contributed by atoms with Gasteiger partial charge in [0.1, 0.15) is 35.3 Å². The first kappa shape index (κ1) is 19.0. The Morgan fingerprint density at radius 3 is 2.75 bits per heavy atom. The van der Waals surface area contributed by atoms with Crippen molar-refractivity contribution >= 4 is 17.1 Å². The van der Waals surface area contributed by atoms with Crippen LogP contribution in [0.25, 0.3) is 5.52 Å². The number of nitrogens with one attached hydrogen (secondary N) is 1. The Labute approximate surface area is 162 Å². The fraction of sp³-hybridized carbons (Fsp3) is 0.250. The van der Waals surface area contributed by atoms with Crippen LogP contribution in [0.3, 0.4) is 0 Å². The number of aromatic nitrogens is 2. The Hall–Kier alpha value is -3.73. The fourth-order valence-corrected chi connectivity index (χ4v) is 2.58. The van der Waals surface area contributed by atoms with Gasteiger partial charge in [0.15, 0.2) is 0 Å². The van der Waals surface area contributed by atoms with Gasteiger partial charge in [0.25, 0.3) is 0 Å².